The fourth-order valence-electron chi connectivity index (χ4n) is 2.49. The number of ether oxygens (including phenoxy) is 1. The van der Waals surface area contributed by atoms with Crippen LogP contribution in [-0.2, 0) is 4.74 Å². The second-order valence-corrected chi connectivity index (χ2v) is 6.17. The van der Waals surface area contributed by atoms with Gasteiger partial charge in [-0.25, -0.2) is 0 Å². The van der Waals surface area contributed by atoms with E-state index in [2.05, 4.69) is 20.8 Å². The van der Waals surface area contributed by atoms with Gasteiger partial charge in [-0.15, -0.1) is 10.2 Å². The average molecular weight is 347 g/mol. The average Bonchev–Trinajstić information content (AvgIpc) is 3.10. The van der Waals surface area contributed by atoms with Crippen LogP contribution in [-0.4, -0.2) is 35.4 Å². The molecule has 1 atom stereocenters. The highest BCUT2D eigenvalue weighted by Crippen LogP contribution is 2.20. The maximum absolute atomic E-state index is 12.3. The van der Waals surface area contributed by atoms with Crippen LogP contribution in [0.3, 0.4) is 0 Å². The van der Waals surface area contributed by atoms with Gasteiger partial charge in [-0.05, 0) is 49.6 Å². The van der Waals surface area contributed by atoms with Gasteiger partial charge in [0.05, 0.1) is 6.10 Å². The van der Waals surface area contributed by atoms with Crippen LogP contribution in [0.2, 0.25) is 5.02 Å². The molecule has 0 spiro atoms. The summed E-state index contributed by atoms with van der Waals surface area (Å²) in [5.74, 6) is 0.305. The maximum Gasteiger partial charge on any atom is 0.276 e. The van der Waals surface area contributed by atoms with E-state index in [1.165, 1.54) is 0 Å². The fraction of sp³-hybridized carbons (Fsp3) is 0.353. The summed E-state index contributed by atoms with van der Waals surface area (Å²) in [6.45, 7) is 3.41. The van der Waals surface area contributed by atoms with E-state index in [-0.39, 0.29) is 17.7 Å². The topological polar surface area (TPSA) is 76.1 Å². The lowest BCUT2D eigenvalue weighted by atomic mass is 10.2. The molecule has 1 fully saturated rings. The molecule has 24 heavy (non-hydrogen) atoms. The first-order valence-electron chi connectivity index (χ1n) is 7.88. The number of hydrogen-bond donors (Lipinski definition) is 2. The molecule has 0 radical (unpaired) electrons. The Morgan fingerprint density at radius 1 is 1.33 bits per heavy atom. The van der Waals surface area contributed by atoms with Crippen molar-refractivity contribution in [2.24, 2.45) is 0 Å². The molecule has 0 bridgehead atoms. The fourth-order valence-corrected chi connectivity index (χ4v) is 2.66. The highest BCUT2D eigenvalue weighted by atomic mass is 35.5. The number of carbonyl (C=O) groups is 1. The number of hydrogen-bond acceptors (Lipinski definition) is 5. The van der Waals surface area contributed by atoms with Crippen molar-refractivity contribution in [3.8, 4) is 0 Å². The van der Waals surface area contributed by atoms with Crippen LogP contribution < -0.4 is 10.6 Å². The largest absolute Gasteiger partial charge is 0.376 e. The number of nitrogens with one attached hydrogen (secondary N) is 2. The molecule has 0 saturated carbocycles. The number of halogens is 1. The molecule has 1 aliphatic rings. The van der Waals surface area contributed by atoms with Gasteiger partial charge in [0, 0.05) is 23.9 Å². The maximum atomic E-state index is 12.3. The molecule has 1 amide bonds. The molecule has 2 heterocycles. The SMILES string of the molecule is Cc1ccc(Cl)cc1NC(=O)c1ccc(NCC2CCCO2)nn1. The quantitative estimate of drug-likeness (QED) is 0.868. The molecule has 7 heteroatoms. The summed E-state index contributed by atoms with van der Waals surface area (Å²) in [5.41, 5.74) is 1.84. The third-order valence-corrected chi connectivity index (χ3v) is 4.11. The molecule has 126 valence electrons. The normalized spacial score (nSPS) is 16.8. The summed E-state index contributed by atoms with van der Waals surface area (Å²) in [4.78, 5) is 12.3. The van der Waals surface area contributed by atoms with Crippen LogP contribution in [0.5, 0.6) is 0 Å². The second-order valence-electron chi connectivity index (χ2n) is 5.73. The van der Waals surface area contributed by atoms with Crippen molar-refractivity contribution in [2.75, 3.05) is 23.8 Å². The highest BCUT2D eigenvalue weighted by molar-refractivity contribution is 6.31. The summed E-state index contributed by atoms with van der Waals surface area (Å²) in [5, 5.41) is 14.5. The Bertz CT molecular complexity index is 715. The second kappa shape index (κ2) is 7.59. The Kier molecular flexibility index (Phi) is 5.27. The number of anilines is 2. The van der Waals surface area contributed by atoms with Gasteiger partial charge in [0.25, 0.3) is 5.91 Å². The third kappa shape index (κ3) is 4.21. The van der Waals surface area contributed by atoms with Crippen LogP contribution in [0.1, 0.15) is 28.9 Å². The van der Waals surface area contributed by atoms with Gasteiger partial charge in [0.15, 0.2) is 5.69 Å². The van der Waals surface area contributed by atoms with E-state index < -0.39 is 0 Å². The molecule has 2 aromatic rings. The number of carbonyl (C=O) groups excluding carboxylic acids is 1. The number of rotatable bonds is 5. The van der Waals surface area contributed by atoms with E-state index >= 15 is 0 Å². The first-order valence-corrected chi connectivity index (χ1v) is 8.26. The van der Waals surface area contributed by atoms with E-state index in [4.69, 9.17) is 16.3 Å². The Morgan fingerprint density at radius 2 is 2.21 bits per heavy atom. The Balaban J connectivity index is 1.59. The van der Waals surface area contributed by atoms with E-state index in [9.17, 15) is 4.79 Å². The minimum absolute atomic E-state index is 0.223. The van der Waals surface area contributed by atoms with Gasteiger partial charge in [0.1, 0.15) is 5.82 Å². The number of benzene rings is 1. The highest BCUT2D eigenvalue weighted by Gasteiger charge is 2.15. The number of nitrogens with zero attached hydrogens (tertiary/aromatic N) is 2. The van der Waals surface area contributed by atoms with Gasteiger partial charge in [-0.3, -0.25) is 4.79 Å². The lowest BCUT2D eigenvalue weighted by Crippen LogP contribution is -2.20. The molecule has 1 aromatic carbocycles. The van der Waals surface area contributed by atoms with Crippen molar-refractivity contribution in [3.63, 3.8) is 0 Å². The number of amides is 1. The van der Waals surface area contributed by atoms with Gasteiger partial charge in [-0.2, -0.15) is 0 Å². The first-order chi connectivity index (χ1) is 11.6. The molecular formula is C17H19ClN4O2. The lowest BCUT2D eigenvalue weighted by molar-refractivity contribution is 0.102. The van der Waals surface area contributed by atoms with Crippen LogP contribution in [0.15, 0.2) is 30.3 Å². The standard InChI is InChI=1S/C17H19ClN4O2/c1-11-4-5-12(18)9-15(11)20-17(23)14-6-7-16(22-21-14)19-10-13-3-2-8-24-13/h4-7,9,13H,2-3,8,10H2,1H3,(H,19,22)(H,20,23). The molecular weight excluding hydrogens is 328 g/mol. The molecule has 3 rings (SSSR count). The van der Waals surface area contributed by atoms with E-state index in [0.29, 0.717) is 23.1 Å². The van der Waals surface area contributed by atoms with Crippen molar-refractivity contribution in [2.45, 2.75) is 25.9 Å². The molecule has 1 aliphatic heterocycles. The van der Waals surface area contributed by atoms with Gasteiger partial charge in [-0.1, -0.05) is 17.7 Å². The van der Waals surface area contributed by atoms with E-state index in [1.807, 2.05) is 13.0 Å². The Hall–Kier alpha value is -2.18. The molecule has 1 saturated heterocycles. The van der Waals surface area contributed by atoms with Gasteiger partial charge >= 0.3 is 0 Å². The molecule has 1 unspecified atom stereocenters. The summed E-state index contributed by atoms with van der Waals surface area (Å²) in [6, 6.07) is 8.71. The van der Waals surface area contributed by atoms with Crippen LogP contribution in [0.4, 0.5) is 11.5 Å². The van der Waals surface area contributed by atoms with Crippen molar-refractivity contribution in [1.29, 1.82) is 0 Å². The lowest BCUT2D eigenvalue weighted by Gasteiger charge is -2.11. The third-order valence-electron chi connectivity index (χ3n) is 3.88. The number of aromatic nitrogens is 2. The molecule has 2 N–H and O–H groups in total. The van der Waals surface area contributed by atoms with E-state index in [1.54, 1.807) is 24.3 Å². The van der Waals surface area contributed by atoms with Crippen LogP contribution >= 0.6 is 11.6 Å². The molecule has 0 aliphatic carbocycles. The monoisotopic (exact) mass is 346 g/mol. The van der Waals surface area contributed by atoms with Crippen LogP contribution in [0.25, 0.3) is 0 Å². The van der Waals surface area contributed by atoms with Crippen LogP contribution in [0, 0.1) is 6.92 Å². The zero-order chi connectivity index (χ0) is 16.9. The van der Waals surface area contributed by atoms with Gasteiger partial charge < -0.3 is 15.4 Å². The number of aryl methyl sites for hydroxylation is 1. The van der Waals surface area contributed by atoms with Crippen molar-refractivity contribution < 1.29 is 9.53 Å². The predicted molar refractivity (Wildman–Crippen MR) is 93.6 cm³/mol. The zero-order valence-corrected chi connectivity index (χ0v) is 14.1. The summed E-state index contributed by atoms with van der Waals surface area (Å²) in [6.07, 6.45) is 2.38. The Morgan fingerprint density at radius 3 is 2.92 bits per heavy atom. The summed E-state index contributed by atoms with van der Waals surface area (Å²) in [7, 11) is 0. The summed E-state index contributed by atoms with van der Waals surface area (Å²) >= 11 is 5.96. The minimum atomic E-state index is -0.321. The predicted octanol–water partition coefficient (Wildman–Crippen LogP) is 3.28. The van der Waals surface area contributed by atoms with Crippen molar-refractivity contribution >= 4 is 29.0 Å². The minimum Gasteiger partial charge on any atom is -0.376 e. The molecule has 1 aromatic heterocycles. The first kappa shape index (κ1) is 16.7. The van der Waals surface area contributed by atoms with Gasteiger partial charge in [0.2, 0.25) is 0 Å². The van der Waals surface area contributed by atoms with Crippen molar-refractivity contribution in [3.05, 3.63) is 46.6 Å². The molecule has 6 nitrogen and oxygen atoms in total. The smallest absolute Gasteiger partial charge is 0.276 e. The Labute approximate surface area is 145 Å². The van der Waals surface area contributed by atoms with E-state index in [0.717, 1.165) is 25.0 Å². The summed E-state index contributed by atoms with van der Waals surface area (Å²) < 4.78 is 5.54. The van der Waals surface area contributed by atoms with Crippen molar-refractivity contribution in [1.82, 2.24) is 10.2 Å². The zero-order valence-electron chi connectivity index (χ0n) is 13.4.